The van der Waals surface area contributed by atoms with Crippen molar-refractivity contribution < 1.29 is 9.32 Å². The van der Waals surface area contributed by atoms with Crippen molar-refractivity contribution in [3.63, 3.8) is 0 Å². The van der Waals surface area contributed by atoms with Gasteiger partial charge in [0.15, 0.2) is 5.82 Å². The normalized spacial score (nSPS) is 15.4. The summed E-state index contributed by atoms with van der Waals surface area (Å²) in [5.41, 5.74) is 0.632. The van der Waals surface area contributed by atoms with E-state index in [0.717, 1.165) is 44.0 Å². The van der Waals surface area contributed by atoms with E-state index in [-0.39, 0.29) is 5.91 Å². The third-order valence-corrected chi connectivity index (χ3v) is 4.64. The van der Waals surface area contributed by atoms with E-state index in [1.807, 2.05) is 46.1 Å². The molecule has 4 rings (SSSR count). The van der Waals surface area contributed by atoms with E-state index in [9.17, 15) is 4.79 Å². The zero-order valence-electron chi connectivity index (χ0n) is 13.8. The van der Waals surface area contributed by atoms with E-state index in [1.165, 1.54) is 6.39 Å². The van der Waals surface area contributed by atoms with Gasteiger partial charge in [-0.05, 0) is 43.0 Å². The first-order chi connectivity index (χ1) is 12.3. The lowest BCUT2D eigenvalue weighted by atomic mass is 9.93. The minimum Gasteiger partial charge on any atom is -0.343 e. The number of pyridine rings is 1. The second-order valence-corrected chi connectivity index (χ2v) is 6.28. The monoisotopic (exact) mass is 337 g/mol. The average Bonchev–Trinajstić information content (AvgIpc) is 3.36. The molecule has 7 heteroatoms. The van der Waals surface area contributed by atoms with Crippen LogP contribution >= 0.6 is 0 Å². The summed E-state index contributed by atoms with van der Waals surface area (Å²) in [5.74, 6) is 2.09. The maximum Gasteiger partial charge on any atom is 0.255 e. The zero-order valence-corrected chi connectivity index (χ0v) is 13.8. The molecular formula is C18H19N5O2. The summed E-state index contributed by atoms with van der Waals surface area (Å²) in [6.45, 7) is 1.50. The Hall–Kier alpha value is -2.96. The molecule has 3 aromatic rings. The molecule has 128 valence electrons. The molecule has 4 heterocycles. The van der Waals surface area contributed by atoms with Crippen LogP contribution in [-0.2, 0) is 6.42 Å². The molecule has 25 heavy (non-hydrogen) atoms. The average molecular weight is 337 g/mol. The Morgan fingerprint density at radius 2 is 1.96 bits per heavy atom. The van der Waals surface area contributed by atoms with E-state index in [2.05, 4.69) is 15.1 Å². The van der Waals surface area contributed by atoms with Crippen molar-refractivity contribution in [1.29, 1.82) is 0 Å². The first-order valence-electron chi connectivity index (χ1n) is 8.43. The minimum atomic E-state index is 0.0459. The Balaban J connectivity index is 1.35. The quantitative estimate of drug-likeness (QED) is 0.730. The molecular weight excluding hydrogens is 318 g/mol. The molecule has 0 saturated carbocycles. The Kier molecular flexibility index (Phi) is 4.28. The van der Waals surface area contributed by atoms with Crippen molar-refractivity contribution in [2.75, 3.05) is 13.1 Å². The van der Waals surface area contributed by atoms with Crippen LogP contribution in [0.3, 0.4) is 0 Å². The van der Waals surface area contributed by atoms with Crippen LogP contribution in [0.4, 0.5) is 0 Å². The second kappa shape index (κ2) is 6.88. The van der Waals surface area contributed by atoms with Gasteiger partial charge in [0.25, 0.3) is 5.91 Å². The molecule has 0 spiro atoms. The van der Waals surface area contributed by atoms with Gasteiger partial charge in [-0.3, -0.25) is 4.79 Å². The number of aromatic nitrogens is 4. The van der Waals surface area contributed by atoms with Gasteiger partial charge in [0.05, 0.1) is 5.56 Å². The van der Waals surface area contributed by atoms with Crippen molar-refractivity contribution >= 4 is 5.91 Å². The van der Waals surface area contributed by atoms with Crippen molar-refractivity contribution in [3.8, 4) is 5.82 Å². The van der Waals surface area contributed by atoms with E-state index in [0.29, 0.717) is 11.5 Å². The summed E-state index contributed by atoms with van der Waals surface area (Å²) in [6, 6.07) is 7.60. The largest absolute Gasteiger partial charge is 0.343 e. The van der Waals surface area contributed by atoms with Gasteiger partial charge in [0, 0.05) is 38.1 Å². The zero-order chi connectivity index (χ0) is 17.1. The van der Waals surface area contributed by atoms with Crippen LogP contribution in [0.15, 0.2) is 53.8 Å². The molecule has 0 N–H and O–H groups in total. The summed E-state index contributed by atoms with van der Waals surface area (Å²) >= 11 is 0. The Labute approximate surface area is 145 Å². The van der Waals surface area contributed by atoms with Gasteiger partial charge >= 0.3 is 0 Å². The topological polar surface area (TPSA) is 77.0 Å². The third kappa shape index (κ3) is 3.45. The molecule has 1 fully saturated rings. The van der Waals surface area contributed by atoms with Gasteiger partial charge in [-0.25, -0.2) is 4.98 Å². The minimum absolute atomic E-state index is 0.0459. The summed E-state index contributed by atoms with van der Waals surface area (Å²) < 4.78 is 6.69. The number of carbonyl (C=O) groups is 1. The van der Waals surface area contributed by atoms with Gasteiger partial charge in [0.2, 0.25) is 6.39 Å². The van der Waals surface area contributed by atoms with Gasteiger partial charge in [0.1, 0.15) is 5.82 Å². The summed E-state index contributed by atoms with van der Waals surface area (Å²) in [6.07, 6.45) is 9.59. The molecule has 1 saturated heterocycles. The van der Waals surface area contributed by atoms with E-state index < -0.39 is 0 Å². The first kappa shape index (κ1) is 15.6. The van der Waals surface area contributed by atoms with E-state index >= 15 is 0 Å². The lowest BCUT2D eigenvalue weighted by molar-refractivity contribution is 0.0689. The molecule has 0 atom stereocenters. The van der Waals surface area contributed by atoms with Gasteiger partial charge in [-0.15, -0.1) is 0 Å². The lowest BCUT2D eigenvalue weighted by Crippen LogP contribution is -2.39. The molecule has 1 aliphatic rings. The van der Waals surface area contributed by atoms with Crippen LogP contribution in [0.5, 0.6) is 0 Å². The number of rotatable bonds is 4. The smallest absolute Gasteiger partial charge is 0.255 e. The van der Waals surface area contributed by atoms with Gasteiger partial charge < -0.3 is 14.0 Å². The molecule has 1 amide bonds. The Morgan fingerprint density at radius 3 is 2.60 bits per heavy atom. The molecule has 1 aliphatic heterocycles. The molecule has 0 bridgehead atoms. The van der Waals surface area contributed by atoms with Crippen molar-refractivity contribution in [3.05, 3.63) is 60.6 Å². The first-order valence-corrected chi connectivity index (χ1v) is 8.43. The maximum atomic E-state index is 12.7. The van der Waals surface area contributed by atoms with E-state index in [4.69, 9.17) is 4.52 Å². The highest BCUT2D eigenvalue weighted by Gasteiger charge is 2.24. The van der Waals surface area contributed by atoms with Crippen LogP contribution in [-0.4, -0.2) is 43.6 Å². The van der Waals surface area contributed by atoms with Crippen LogP contribution < -0.4 is 0 Å². The summed E-state index contributed by atoms with van der Waals surface area (Å²) in [4.78, 5) is 23.0. The highest BCUT2D eigenvalue weighted by Crippen LogP contribution is 2.21. The second-order valence-electron chi connectivity index (χ2n) is 6.28. The third-order valence-electron chi connectivity index (χ3n) is 4.64. The number of hydrogen-bond acceptors (Lipinski definition) is 5. The molecule has 0 unspecified atom stereocenters. The Bertz CT molecular complexity index is 804. The predicted molar refractivity (Wildman–Crippen MR) is 90.2 cm³/mol. The van der Waals surface area contributed by atoms with Crippen molar-refractivity contribution in [1.82, 2.24) is 24.6 Å². The highest BCUT2D eigenvalue weighted by atomic mass is 16.5. The molecule has 0 radical (unpaired) electrons. The highest BCUT2D eigenvalue weighted by molar-refractivity contribution is 5.94. The summed E-state index contributed by atoms with van der Waals surface area (Å²) in [7, 11) is 0. The fourth-order valence-electron chi connectivity index (χ4n) is 3.22. The summed E-state index contributed by atoms with van der Waals surface area (Å²) in [5, 5.41) is 3.86. The van der Waals surface area contributed by atoms with Crippen LogP contribution in [0, 0.1) is 5.92 Å². The number of carbonyl (C=O) groups excluding carboxylic acids is 1. The molecule has 0 aliphatic carbocycles. The van der Waals surface area contributed by atoms with Crippen LogP contribution in [0.25, 0.3) is 5.82 Å². The van der Waals surface area contributed by atoms with Crippen LogP contribution in [0.2, 0.25) is 0 Å². The molecule has 7 nitrogen and oxygen atoms in total. The predicted octanol–water partition coefficient (Wildman–Crippen LogP) is 2.35. The van der Waals surface area contributed by atoms with Crippen molar-refractivity contribution in [2.24, 2.45) is 5.92 Å². The number of likely N-dealkylation sites (tertiary alicyclic amines) is 1. The fraction of sp³-hybridized carbons (Fsp3) is 0.333. The fourth-order valence-corrected chi connectivity index (χ4v) is 3.22. The number of nitrogens with zero attached hydrogens (tertiary/aromatic N) is 5. The van der Waals surface area contributed by atoms with Crippen LogP contribution in [0.1, 0.15) is 29.0 Å². The maximum absolute atomic E-state index is 12.7. The lowest BCUT2D eigenvalue weighted by Gasteiger charge is -2.31. The SMILES string of the molecule is O=C(c1ccc(-n2cccc2)nc1)N1CCC(Cc2ncon2)CC1. The number of piperidine rings is 1. The standard InChI is InChI=1S/C18H19N5O2/c24-18(15-3-4-17(19-12-15)22-7-1-2-8-22)23-9-5-14(6-10-23)11-16-20-13-25-21-16/h1-4,7-8,12-14H,5-6,9-11H2. The van der Waals surface area contributed by atoms with Crippen molar-refractivity contribution in [2.45, 2.75) is 19.3 Å². The Morgan fingerprint density at radius 1 is 1.16 bits per heavy atom. The number of amides is 1. The van der Waals surface area contributed by atoms with Gasteiger partial charge in [-0.2, -0.15) is 4.98 Å². The molecule has 3 aromatic heterocycles. The number of hydrogen-bond donors (Lipinski definition) is 0. The van der Waals surface area contributed by atoms with Gasteiger partial charge in [-0.1, -0.05) is 5.16 Å². The molecule has 0 aromatic carbocycles. The van der Waals surface area contributed by atoms with E-state index in [1.54, 1.807) is 6.20 Å².